The largest absolute Gasteiger partial charge is 0.496 e. The lowest BCUT2D eigenvalue weighted by atomic mass is 9.90. The number of amides is 1. The minimum atomic E-state index is 0.0809. The highest BCUT2D eigenvalue weighted by Crippen LogP contribution is 2.26. The van der Waals surface area contributed by atoms with Crippen molar-refractivity contribution in [2.24, 2.45) is 5.92 Å². The van der Waals surface area contributed by atoms with Gasteiger partial charge in [0.05, 0.1) is 19.3 Å². The van der Waals surface area contributed by atoms with Crippen LogP contribution in [0.25, 0.3) is 0 Å². The lowest BCUT2D eigenvalue weighted by Gasteiger charge is -2.32. The van der Waals surface area contributed by atoms with Crippen LogP contribution in [0.15, 0.2) is 48.5 Å². The van der Waals surface area contributed by atoms with Gasteiger partial charge in [0.1, 0.15) is 11.5 Å². The third kappa shape index (κ3) is 5.03. The molecule has 0 spiro atoms. The minimum Gasteiger partial charge on any atom is -0.496 e. The van der Waals surface area contributed by atoms with Crippen LogP contribution in [0.5, 0.6) is 11.5 Å². The number of benzene rings is 2. The van der Waals surface area contributed by atoms with Crippen molar-refractivity contribution in [1.82, 2.24) is 4.90 Å². The van der Waals surface area contributed by atoms with Crippen LogP contribution in [0.1, 0.15) is 42.1 Å². The molecule has 1 amide bonds. The van der Waals surface area contributed by atoms with Crippen molar-refractivity contribution in [3.05, 3.63) is 59.7 Å². The molecule has 4 nitrogen and oxygen atoms in total. The Balaban J connectivity index is 1.48. The molecule has 3 rings (SSSR count). The van der Waals surface area contributed by atoms with Crippen LogP contribution in [-0.4, -0.2) is 37.6 Å². The van der Waals surface area contributed by atoms with Crippen LogP contribution in [0.3, 0.4) is 0 Å². The number of hydrogen-bond donors (Lipinski definition) is 0. The molecule has 0 unspecified atom stereocenters. The quantitative estimate of drug-likeness (QED) is 0.719. The maximum Gasteiger partial charge on any atom is 0.257 e. The van der Waals surface area contributed by atoms with Gasteiger partial charge in [-0.05, 0) is 68.4 Å². The van der Waals surface area contributed by atoms with E-state index >= 15 is 0 Å². The lowest BCUT2D eigenvalue weighted by Crippen LogP contribution is -2.38. The van der Waals surface area contributed by atoms with E-state index in [1.165, 1.54) is 12.0 Å². The maximum atomic E-state index is 12.8. The monoisotopic (exact) mass is 367 g/mol. The predicted octanol–water partition coefficient (Wildman–Crippen LogP) is 4.58. The van der Waals surface area contributed by atoms with Crippen molar-refractivity contribution >= 4 is 5.91 Å². The van der Waals surface area contributed by atoms with Crippen molar-refractivity contribution < 1.29 is 14.3 Å². The predicted molar refractivity (Wildman–Crippen MR) is 108 cm³/mol. The number of carbonyl (C=O) groups is 1. The summed E-state index contributed by atoms with van der Waals surface area (Å²) in [5.74, 6) is 2.35. The smallest absolute Gasteiger partial charge is 0.257 e. The number of piperidine rings is 1. The standard InChI is InChI=1S/C23H29NO3/c1-3-27-20-12-10-18(11-13-20)8-9-19-14-16-24(17-15-19)23(25)21-6-4-5-7-22(21)26-2/h4-7,10-13,19H,3,8-9,14-17H2,1-2H3. The zero-order valence-electron chi connectivity index (χ0n) is 16.3. The van der Waals surface area contributed by atoms with E-state index in [2.05, 4.69) is 12.1 Å². The topological polar surface area (TPSA) is 38.8 Å². The summed E-state index contributed by atoms with van der Waals surface area (Å²) < 4.78 is 10.8. The van der Waals surface area contributed by atoms with Crippen LogP contribution in [0.4, 0.5) is 0 Å². The van der Waals surface area contributed by atoms with E-state index in [1.54, 1.807) is 7.11 Å². The number of nitrogens with zero attached hydrogens (tertiary/aromatic N) is 1. The van der Waals surface area contributed by atoms with Gasteiger partial charge in [-0.3, -0.25) is 4.79 Å². The summed E-state index contributed by atoms with van der Waals surface area (Å²) in [4.78, 5) is 14.7. The number of ether oxygens (including phenoxy) is 2. The normalized spacial score (nSPS) is 14.8. The van der Waals surface area contributed by atoms with Gasteiger partial charge in [0.25, 0.3) is 5.91 Å². The number of para-hydroxylation sites is 1. The van der Waals surface area contributed by atoms with Crippen LogP contribution in [-0.2, 0) is 6.42 Å². The molecule has 0 aromatic heterocycles. The summed E-state index contributed by atoms with van der Waals surface area (Å²) in [6.07, 6.45) is 4.39. The molecule has 2 aromatic rings. The molecular weight excluding hydrogens is 338 g/mol. The first-order valence-corrected chi connectivity index (χ1v) is 9.85. The fourth-order valence-electron chi connectivity index (χ4n) is 3.71. The van der Waals surface area contributed by atoms with E-state index < -0.39 is 0 Å². The van der Waals surface area contributed by atoms with E-state index in [9.17, 15) is 4.79 Å². The van der Waals surface area contributed by atoms with Crippen molar-refractivity contribution in [3.63, 3.8) is 0 Å². The zero-order chi connectivity index (χ0) is 19.1. The molecule has 0 bridgehead atoms. The number of rotatable bonds is 7. The Bertz CT molecular complexity index is 734. The number of hydrogen-bond acceptors (Lipinski definition) is 3. The molecule has 0 N–H and O–H groups in total. The molecule has 4 heteroatoms. The summed E-state index contributed by atoms with van der Waals surface area (Å²) in [5.41, 5.74) is 2.01. The summed E-state index contributed by atoms with van der Waals surface area (Å²) >= 11 is 0. The number of carbonyl (C=O) groups excluding carboxylic acids is 1. The lowest BCUT2D eigenvalue weighted by molar-refractivity contribution is 0.0683. The third-order valence-electron chi connectivity index (χ3n) is 5.31. The van der Waals surface area contributed by atoms with Crippen molar-refractivity contribution in [2.75, 3.05) is 26.8 Å². The Morgan fingerprint density at radius 3 is 2.44 bits per heavy atom. The van der Waals surface area contributed by atoms with Gasteiger partial charge in [-0.25, -0.2) is 0 Å². The fourth-order valence-corrected chi connectivity index (χ4v) is 3.71. The van der Waals surface area contributed by atoms with Gasteiger partial charge in [-0.15, -0.1) is 0 Å². The zero-order valence-corrected chi connectivity index (χ0v) is 16.3. The van der Waals surface area contributed by atoms with E-state index in [1.807, 2.05) is 48.2 Å². The average Bonchev–Trinajstić information content (AvgIpc) is 2.73. The molecule has 0 radical (unpaired) electrons. The Morgan fingerprint density at radius 2 is 1.78 bits per heavy atom. The van der Waals surface area contributed by atoms with Crippen molar-refractivity contribution in [2.45, 2.75) is 32.6 Å². The van der Waals surface area contributed by atoms with Gasteiger partial charge in [0.2, 0.25) is 0 Å². The molecular formula is C23H29NO3. The first kappa shape index (κ1) is 19.3. The molecule has 0 atom stereocenters. The SMILES string of the molecule is CCOc1ccc(CCC2CCN(C(=O)c3ccccc3OC)CC2)cc1. The highest BCUT2D eigenvalue weighted by atomic mass is 16.5. The molecule has 1 aliphatic rings. The van der Waals surface area contributed by atoms with Gasteiger partial charge < -0.3 is 14.4 Å². The van der Waals surface area contributed by atoms with E-state index in [0.717, 1.165) is 38.1 Å². The van der Waals surface area contributed by atoms with Crippen LogP contribution in [0, 0.1) is 5.92 Å². The number of methoxy groups -OCH3 is 1. The summed E-state index contributed by atoms with van der Waals surface area (Å²) in [5, 5.41) is 0. The molecule has 0 aliphatic carbocycles. The third-order valence-corrected chi connectivity index (χ3v) is 5.31. The summed E-state index contributed by atoms with van der Waals surface area (Å²) in [6.45, 7) is 4.35. The van der Waals surface area contributed by atoms with Crippen molar-refractivity contribution in [1.29, 1.82) is 0 Å². The first-order chi connectivity index (χ1) is 13.2. The van der Waals surface area contributed by atoms with Crippen molar-refractivity contribution in [3.8, 4) is 11.5 Å². The van der Waals surface area contributed by atoms with Crippen LogP contribution in [0.2, 0.25) is 0 Å². The molecule has 1 saturated heterocycles. The van der Waals surface area contributed by atoms with Gasteiger partial charge in [0, 0.05) is 13.1 Å². The van der Waals surface area contributed by atoms with E-state index in [4.69, 9.17) is 9.47 Å². The second-order valence-electron chi connectivity index (χ2n) is 7.05. The second kappa shape index (κ2) is 9.45. The molecule has 1 aliphatic heterocycles. The molecule has 2 aromatic carbocycles. The highest BCUT2D eigenvalue weighted by molar-refractivity contribution is 5.97. The Labute approximate surface area is 162 Å². The van der Waals surface area contributed by atoms with E-state index in [0.29, 0.717) is 23.8 Å². The summed E-state index contributed by atoms with van der Waals surface area (Å²) in [6, 6.07) is 15.9. The Kier molecular flexibility index (Phi) is 6.74. The Hall–Kier alpha value is -2.49. The minimum absolute atomic E-state index is 0.0809. The van der Waals surface area contributed by atoms with Gasteiger partial charge in [0.15, 0.2) is 0 Å². The fraction of sp³-hybridized carbons (Fsp3) is 0.435. The maximum absolute atomic E-state index is 12.8. The van der Waals surface area contributed by atoms with Gasteiger partial charge in [-0.1, -0.05) is 24.3 Å². The first-order valence-electron chi connectivity index (χ1n) is 9.85. The molecule has 1 fully saturated rings. The average molecular weight is 367 g/mol. The van der Waals surface area contributed by atoms with E-state index in [-0.39, 0.29) is 5.91 Å². The van der Waals surface area contributed by atoms with Crippen LogP contribution >= 0.6 is 0 Å². The Morgan fingerprint density at radius 1 is 1.07 bits per heavy atom. The van der Waals surface area contributed by atoms with Gasteiger partial charge >= 0.3 is 0 Å². The molecule has 144 valence electrons. The highest BCUT2D eigenvalue weighted by Gasteiger charge is 2.25. The number of likely N-dealkylation sites (tertiary alicyclic amines) is 1. The molecule has 1 heterocycles. The molecule has 27 heavy (non-hydrogen) atoms. The van der Waals surface area contributed by atoms with Gasteiger partial charge in [-0.2, -0.15) is 0 Å². The number of aryl methyl sites for hydroxylation is 1. The summed E-state index contributed by atoms with van der Waals surface area (Å²) in [7, 11) is 1.61. The second-order valence-corrected chi connectivity index (χ2v) is 7.05. The van der Waals surface area contributed by atoms with Crippen LogP contribution < -0.4 is 9.47 Å². The molecule has 0 saturated carbocycles.